The van der Waals surface area contributed by atoms with E-state index in [0.29, 0.717) is 29.4 Å². The second-order valence-electron chi connectivity index (χ2n) is 7.82. The maximum absolute atomic E-state index is 13.2. The minimum Gasteiger partial charge on any atom is -0.488 e. The van der Waals surface area contributed by atoms with Gasteiger partial charge in [-0.05, 0) is 60.4 Å². The Balaban J connectivity index is 1.35. The highest BCUT2D eigenvalue weighted by atomic mass is 35.5. The zero-order valence-corrected chi connectivity index (χ0v) is 19.1. The van der Waals surface area contributed by atoms with Crippen LogP contribution in [0.5, 0.6) is 5.75 Å². The summed E-state index contributed by atoms with van der Waals surface area (Å²) < 4.78 is 20.8. The monoisotopic (exact) mass is 463 g/mol. The summed E-state index contributed by atoms with van der Waals surface area (Å²) in [5.41, 5.74) is 4.97. The summed E-state index contributed by atoms with van der Waals surface area (Å²) in [6.07, 6.45) is 3.26. The Bertz CT molecular complexity index is 1260. The van der Waals surface area contributed by atoms with Gasteiger partial charge in [0.1, 0.15) is 18.2 Å². The van der Waals surface area contributed by atoms with Crippen LogP contribution in [-0.2, 0) is 13.2 Å². The quantitative estimate of drug-likeness (QED) is 0.356. The lowest BCUT2D eigenvalue weighted by Crippen LogP contribution is -2.11. The van der Waals surface area contributed by atoms with Crippen LogP contribution in [0, 0.1) is 19.7 Å². The van der Waals surface area contributed by atoms with Crippen molar-refractivity contribution in [3.8, 4) is 5.75 Å². The Morgan fingerprint density at radius 3 is 2.52 bits per heavy atom. The molecule has 5 nitrogen and oxygen atoms in total. The molecule has 1 heterocycles. The number of carbonyl (C=O) groups is 1. The predicted octanol–water partition coefficient (Wildman–Crippen LogP) is 6.17. The fourth-order valence-corrected chi connectivity index (χ4v) is 3.70. The first-order chi connectivity index (χ1) is 15.9. The number of carbonyl (C=O) groups excluding carboxylic acids is 1. The van der Waals surface area contributed by atoms with Crippen molar-refractivity contribution in [1.29, 1.82) is 0 Å². The van der Waals surface area contributed by atoms with Gasteiger partial charge in [0.2, 0.25) is 0 Å². The number of halogens is 2. The van der Waals surface area contributed by atoms with Crippen LogP contribution in [0.1, 0.15) is 32.6 Å². The van der Waals surface area contributed by atoms with Gasteiger partial charge in [0.25, 0.3) is 5.91 Å². The molecule has 0 radical (unpaired) electrons. The molecule has 0 spiro atoms. The van der Waals surface area contributed by atoms with E-state index in [9.17, 15) is 9.18 Å². The number of hydrogen-bond acceptors (Lipinski definition) is 3. The zero-order valence-electron chi connectivity index (χ0n) is 18.3. The van der Waals surface area contributed by atoms with E-state index in [1.807, 2.05) is 44.2 Å². The lowest BCUT2D eigenvalue weighted by atomic mass is 10.1. The molecule has 0 saturated heterocycles. The number of anilines is 1. The van der Waals surface area contributed by atoms with E-state index >= 15 is 0 Å². The molecule has 168 valence electrons. The average Bonchev–Trinajstić information content (AvgIpc) is 3.22. The first-order valence-corrected chi connectivity index (χ1v) is 10.8. The second-order valence-corrected chi connectivity index (χ2v) is 8.23. The lowest BCUT2D eigenvalue weighted by Gasteiger charge is -2.12. The standard InChI is InChI=1S/C26H23ClFN3O2/c1-17-4-3-5-18(2)25(17)33-16-19-6-8-20(9-7-19)26(32)30-23-13-29-31(15-23)14-21-10-11-22(28)12-24(21)27/h3-13,15H,14,16H2,1-2H3,(H,30,32). The molecule has 0 atom stereocenters. The third-order valence-corrected chi connectivity index (χ3v) is 5.60. The van der Waals surface area contributed by atoms with Gasteiger partial charge in [-0.25, -0.2) is 4.39 Å². The number of benzene rings is 3. The van der Waals surface area contributed by atoms with Crippen LogP contribution >= 0.6 is 11.6 Å². The summed E-state index contributed by atoms with van der Waals surface area (Å²) in [5, 5.41) is 7.40. The molecule has 0 aliphatic carbocycles. The average molecular weight is 464 g/mol. The lowest BCUT2D eigenvalue weighted by molar-refractivity contribution is 0.102. The van der Waals surface area contributed by atoms with Gasteiger partial charge in [-0.15, -0.1) is 0 Å². The van der Waals surface area contributed by atoms with Crippen molar-refractivity contribution < 1.29 is 13.9 Å². The number of hydrogen-bond donors (Lipinski definition) is 1. The van der Waals surface area contributed by atoms with Gasteiger partial charge in [-0.1, -0.05) is 48.0 Å². The first-order valence-electron chi connectivity index (χ1n) is 10.4. The summed E-state index contributed by atoms with van der Waals surface area (Å²) in [6, 6.07) is 17.6. The van der Waals surface area contributed by atoms with Gasteiger partial charge < -0.3 is 10.1 Å². The second kappa shape index (κ2) is 9.88. The Morgan fingerprint density at radius 1 is 1.09 bits per heavy atom. The molecule has 3 aromatic carbocycles. The van der Waals surface area contributed by atoms with Crippen molar-refractivity contribution in [3.05, 3.63) is 112 Å². The molecular weight excluding hydrogens is 441 g/mol. The fourth-order valence-electron chi connectivity index (χ4n) is 3.48. The molecule has 4 rings (SSSR count). The van der Waals surface area contributed by atoms with Crippen LogP contribution < -0.4 is 10.1 Å². The predicted molar refractivity (Wildman–Crippen MR) is 127 cm³/mol. The third-order valence-electron chi connectivity index (χ3n) is 5.25. The SMILES string of the molecule is Cc1cccc(C)c1OCc1ccc(C(=O)Nc2cnn(Cc3ccc(F)cc3Cl)c2)cc1. The Labute approximate surface area is 196 Å². The highest BCUT2D eigenvalue weighted by Gasteiger charge is 2.10. The molecule has 33 heavy (non-hydrogen) atoms. The van der Waals surface area contributed by atoms with Crippen LogP contribution in [-0.4, -0.2) is 15.7 Å². The molecule has 0 aliphatic rings. The van der Waals surface area contributed by atoms with Gasteiger partial charge in [0.05, 0.1) is 18.4 Å². The van der Waals surface area contributed by atoms with Crippen LogP contribution in [0.2, 0.25) is 5.02 Å². The molecule has 1 N–H and O–H groups in total. The summed E-state index contributed by atoms with van der Waals surface area (Å²) in [5.74, 6) is 0.259. The maximum Gasteiger partial charge on any atom is 0.255 e. The molecule has 0 saturated carbocycles. The normalized spacial score (nSPS) is 10.8. The number of rotatable bonds is 7. The summed E-state index contributed by atoms with van der Waals surface area (Å²) in [4.78, 5) is 12.6. The number of para-hydroxylation sites is 1. The van der Waals surface area contributed by atoms with Crippen molar-refractivity contribution in [2.24, 2.45) is 0 Å². The third kappa shape index (κ3) is 5.59. The Hall–Kier alpha value is -3.64. The number of ether oxygens (including phenoxy) is 1. The molecule has 0 aliphatic heterocycles. The van der Waals surface area contributed by atoms with Gasteiger partial charge in [0, 0.05) is 16.8 Å². The van der Waals surface area contributed by atoms with Crippen LogP contribution in [0.15, 0.2) is 73.1 Å². The van der Waals surface area contributed by atoms with Gasteiger partial charge >= 0.3 is 0 Å². The summed E-state index contributed by atoms with van der Waals surface area (Å²) in [6.45, 7) is 4.83. The highest BCUT2D eigenvalue weighted by molar-refractivity contribution is 6.31. The van der Waals surface area contributed by atoms with Crippen molar-refractivity contribution in [2.75, 3.05) is 5.32 Å². The van der Waals surface area contributed by atoms with E-state index in [0.717, 1.165) is 28.0 Å². The fraction of sp³-hybridized carbons (Fsp3) is 0.154. The smallest absolute Gasteiger partial charge is 0.255 e. The van der Waals surface area contributed by atoms with Crippen molar-refractivity contribution in [2.45, 2.75) is 27.0 Å². The highest BCUT2D eigenvalue weighted by Crippen LogP contribution is 2.23. The number of aromatic nitrogens is 2. The van der Waals surface area contributed by atoms with E-state index < -0.39 is 0 Å². The number of amides is 1. The van der Waals surface area contributed by atoms with E-state index in [1.165, 1.54) is 12.1 Å². The molecule has 1 amide bonds. The number of nitrogens with zero attached hydrogens (tertiary/aromatic N) is 2. The van der Waals surface area contributed by atoms with Gasteiger partial charge in [0.15, 0.2) is 0 Å². The molecule has 4 aromatic rings. The first kappa shape index (κ1) is 22.6. The number of nitrogens with one attached hydrogen (secondary N) is 1. The summed E-state index contributed by atoms with van der Waals surface area (Å²) >= 11 is 6.08. The molecule has 1 aromatic heterocycles. The van der Waals surface area contributed by atoms with Crippen molar-refractivity contribution in [3.63, 3.8) is 0 Å². The topological polar surface area (TPSA) is 56.1 Å². The van der Waals surface area contributed by atoms with E-state index in [4.69, 9.17) is 16.3 Å². The largest absolute Gasteiger partial charge is 0.488 e. The van der Waals surface area contributed by atoms with E-state index in [-0.39, 0.29) is 11.7 Å². The molecule has 0 unspecified atom stereocenters. The minimum absolute atomic E-state index is 0.239. The molecule has 7 heteroatoms. The minimum atomic E-state index is -0.389. The van der Waals surface area contributed by atoms with Crippen LogP contribution in [0.25, 0.3) is 0 Å². The van der Waals surface area contributed by atoms with Gasteiger partial charge in [-0.3, -0.25) is 9.48 Å². The van der Waals surface area contributed by atoms with Crippen molar-refractivity contribution in [1.82, 2.24) is 9.78 Å². The number of aryl methyl sites for hydroxylation is 2. The van der Waals surface area contributed by atoms with Gasteiger partial charge in [-0.2, -0.15) is 5.10 Å². The van der Waals surface area contributed by atoms with E-state index in [1.54, 1.807) is 35.3 Å². The van der Waals surface area contributed by atoms with E-state index in [2.05, 4.69) is 10.4 Å². The molecular formula is C26H23ClFN3O2. The van der Waals surface area contributed by atoms with Crippen LogP contribution in [0.3, 0.4) is 0 Å². The summed E-state index contributed by atoms with van der Waals surface area (Å²) in [7, 11) is 0. The Morgan fingerprint density at radius 2 is 1.82 bits per heavy atom. The Kier molecular flexibility index (Phi) is 6.75. The maximum atomic E-state index is 13.2. The van der Waals surface area contributed by atoms with Crippen molar-refractivity contribution >= 4 is 23.2 Å². The zero-order chi connectivity index (χ0) is 23.4. The van der Waals surface area contributed by atoms with Crippen LogP contribution in [0.4, 0.5) is 10.1 Å². The molecule has 0 fully saturated rings. The molecule has 0 bridgehead atoms.